The van der Waals surface area contributed by atoms with Crippen LogP contribution in [0.4, 0.5) is 0 Å². The molecule has 4 nitrogen and oxygen atoms in total. The number of carbonyl (C=O) groups excluding carboxylic acids is 1. The molecular weight excluding hydrogens is 338 g/mol. The van der Waals surface area contributed by atoms with Gasteiger partial charge in [-0.25, -0.2) is 0 Å². The molecule has 1 amide bonds. The van der Waals surface area contributed by atoms with Crippen molar-refractivity contribution in [1.82, 2.24) is 5.32 Å². The highest BCUT2D eigenvalue weighted by Gasteiger charge is 2.15. The van der Waals surface area contributed by atoms with E-state index in [1.807, 2.05) is 52.0 Å². The Kier molecular flexibility index (Phi) is 7.71. The molecule has 2 aromatic rings. The van der Waals surface area contributed by atoms with E-state index >= 15 is 0 Å². The van der Waals surface area contributed by atoms with Crippen LogP contribution in [-0.2, 0) is 11.2 Å². The SMILES string of the molecule is Cc1ccc(O[C@H](C)C(=O)NCCCc2ccc(OC(C)C)cc2)c(C)c1. The molecule has 27 heavy (non-hydrogen) atoms. The largest absolute Gasteiger partial charge is 0.491 e. The number of carbonyl (C=O) groups is 1. The molecule has 1 atom stereocenters. The molecule has 0 spiro atoms. The third-order valence-corrected chi connectivity index (χ3v) is 4.24. The lowest BCUT2D eigenvalue weighted by Gasteiger charge is -2.16. The molecule has 0 aliphatic rings. The Bertz CT molecular complexity index is 738. The first kappa shape index (κ1) is 20.8. The third-order valence-electron chi connectivity index (χ3n) is 4.24. The predicted molar refractivity (Wildman–Crippen MR) is 110 cm³/mol. The molecule has 2 rings (SSSR count). The summed E-state index contributed by atoms with van der Waals surface area (Å²) < 4.78 is 11.4. The normalized spacial score (nSPS) is 11.9. The minimum Gasteiger partial charge on any atom is -0.491 e. The number of amides is 1. The van der Waals surface area contributed by atoms with E-state index in [-0.39, 0.29) is 12.0 Å². The van der Waals surface area contributed by atoms with Gasteiger partial charge in [0.15, 0.2) is 6.10 Å². The summed E-state index contributed by atoms with van der Waals surface area (Å²) in [6, 6.07) is 14.1. The highest BCUT2D eigenvalue weighted by Crippen LogP contribution is 2.20. The Balaban J connectivity index is 1.72. The zero-order valence-electron chi connectivity index (χ0n) is 17.0. The Labute approximate surface area is 162 Å². The first-order chi connectivity index (χ1) is 12.8. The fourth-order valence-corrected chi connectivity index (χ4v) is 2.83. The highest BCUT2D eigenvalue weighted by atomic mass is 16.5. The zero-order valence-corrected chi connectivity index (χ0v) is 17.0. The van der Waals surface area contributed by atoms with Crippen molar-refractivity contribution in [1.29, 1.82) is 0 Å². The average Bonchev–Trinajstić information content (AvgIpc) is 2.61. The first-order valence-electron chi connectivity index (χ1n) is 9.62. The molecule has 4 heteroatoms. The highest BCUT2D eigenvalue weighted by molar-refractivity contribution is 5.80. The van der Waals surface area contributed by atoms with E-state index in [0.29, 0.717) is 6.54 Å². The van der Waals surface area contributed by atoms with Gasteiger partial charge in [-0.3, -0.25) is 4.79 Å². The van der Waals surface area contributed by atoms with Crippen molar-refractivity contribution < 1.29 is 14.3 Å². The summed E-state index contributed by atoms with van der Waals surface area (Å²) in [4.78, 5) is 12.2. The molecule has 2 aromatic carbocycles. The summed E-state index contributed by atoms with van der Waals surface area (Å²) in [6.07, 6.45) is 1.46. The van der Waals surface area contributed by atoms with Crippen molar-refractivity contribution in [2.45, 2.75) is 59.7 Å². The fourth-order valence-electron chi connectivity index (χ4n) is 2.83. The van der Waals surface area contributed by atoms with Crippen molar-refractivity contribution in [2.24, 2.45) is 0 Å². The minimum absolute atomic E-state index is 0.0874. The van der Waals surface area contributed by atoms with Crippen LogP contribution in [0.25, 0.3) is 0 Å². The second kappa shape index (κ2) is 10.0. The molecule has 0 heterocycles. The second-order valence-corrected chi connectivity index (χ2v) is 7.23. The van der Waals surface area contributed by atoms with Crippen molar-refractivity contribution in [3.8, 4) is 11.5 Å². The number of rotatable bonds is 9. The fraction of sp³-hybridized carbons (Fsp3) is 0.435. The van der Waals surface area contributed by atoms with E-state index in [1.54, 1.807) is 6.92 Å². The molecule has 0 aliphatic carbocycles. The van der Waals surface area contributed by atoms with Crippen LogP contribution >= 0.6 is 0 Å². The Morgan fingerprint density at radius 2 is 1.70 bits per heavy atom. The quantitative estimate of drug-likeness (QED) is 0.657. The van der Waals surface area contributed by atoms with Crippen molar-refractivity contribution in [3.63, 3.8) is 0 Å². The third kappa shape index (κ3) is 6.97. The van der Waals surface area contributed by atoms with E-state index < -0.39 is 6.10 Å². The maximum atomic E-state index is 12.2. The van der Waals surface area contributed by atoms with Gasteiger partial charge in [0.25, 0.3) is 5.91 Å². The van der Waals surface area contributed by atoms with Gasteiger partial charge in [-0.1, -0.05) is 29.8 Å². The summed E-state index contributed by atoms with van der Waals surface area (Å²) in [5.41, 5.74) is 3.46. The van der Waals surface area contributed by atoms with Gasteiger partial charge >= 0.3 is 0 Å². The molecule has 0 fully saturated rings. The minimum atomic E-state index is -0.515. The Morgan fingerprint density at radius 3 is 2.33 bits per heavy atom. The van der Waals surface area contributed by atoms with E-state index in [4.69, 9.17) is 9.47 Å². The van der Waals surface area contributed by atoms with Gasteiger partial charge in [0.1, 0.15) is 11.5 Å². The van der Waals surface area contributed by atoms with E-state index in [0.717, 1.165) is 29.9 Å². The van der Waals surface area contributed by atoms with Gasteiger partial charge in [0, 0.05) is 6.54 Å². The number of benzene rings is 2. The van der Waals surface area contributed by atoms with E-state index in [9.17, 15) is 4.79 Å². The predicted octanol–water partition coefficient (Wildman–Crippen LogP) is 4.61. The van der Waals surface area contributed by atoms with Crippen LogP contribution in [-0.4, -0.2) is 24.7 Å². The lowest BCUT2D eigenvalue weighted by atomic mass is 10.1. The molecule has 0 unspecified atom stereocenters. The zero-order chi connectivity index (χ0) is 19.8. The van der Waals surface area contributed by atoms with Crippen LogP contribution in [0.15, 0.2) is 42.5 Å². The second-order valence-electron chi connectivity index (χ2n) is 7.23. The lowest BCUT2D eigenvalue weighted by Crippen LogP contribution is -2.37. The van der Waals surface area contributed by atoms with Crippen LogP contribution in [0.3, 0.4) is 0 Å². The summed E-state index contributed by atoms with van der Waals surface area (Å²) in [7, 11) is 0. The molecule has 0 aliphatic heterocycles. The van der Waals surface area contributed by atoms with Crippen LogP contribution in [0.1, 0.15) is 43.9 Å². The number of hydrogen-bond donors (Lipinski definition) is 1. The van der Waals surface area contributed by atoms with Gasteiger partial charge in [-0.15, -0.1) is 0 Å². The Morgan fingerprint density at radius 1 is 1.00 bits per heavy atom. The van der Waals surface area contributed by atoms with Gasteiger partial charge in [-0.2, -0.15) is 0 Å². The molecule has 0 bridgehead atoms. The van der Waals surface area contributed by atoms with Crippen molar-refractivity contribution in [3.05, 3.63) is 59.2 Å². The standard InChI is InChI=1S/C23H31NO3/c1-16(2)26-21-11-9-20(10-12-21)7-6-14-24-23(25)19(5)27-22-13-8-17(3)15-18(22)4/h8-13,15-16,19H,6-7,14H2,1-5H3,(H,24,25)/t19-/m1/s1. The molecular formula is C23H31NO3. The maximum Gasteiger partial charge on any atom is 0.260 e. The first-order valence-corrected chi connectivity index (χ1v) is 9.62. The van der Waals surface area contributed by atoms with E-state index in [1.165, 1.54) is 11.1 Å². The smallest absolute Gasteiger partial charge is 0.260 e. The van der Waals surface area contributed by atoms with Gasteiger partial charge in [0.2, 0.25) is 0 Å². The summed E-state index contributed by atoms with van der Waals surface area (Å²) >= 11 is 0. The van der Waals surface area contributed by atoms with Gasteiger partial charge in [0.05, 0.1) is 6.10 Å². The van der Waals surface area contributed by atoms with Crippen LogP contribution < -0.4 is 14.8 Å². The maximum absolute atomic E-state index is 12.2. The van der Waals surface area contributed by atoms with Crippen LogP contribution in [0, 0.1) is 13.8 Å². The van der Waals surface area contributed by atoms with Crippen molar-refractivity contribution >= 4 is 5.91 Å². The van der Waals surface area contributed by atoms with E-state index in [2.05, 4.69) is 23.5 Å². The summed E-state index contributed by atoms with van der Waals surface area (Å²) in [5.74, 6) is 1.56. The topological polar surface area (TPSA) is 47.6 Å². The van der Waals surface area contributed by atoms with Gasteiger partial charge < -0.3 is 14.8 Å². The monoisotopic (exact) mass is 369 g/mol. The molecule has 0 aromatic heterocycles. The molecule has 0 radical (unpaired) electrons. The van der Waals surface area contributed by atoms with Crippen LogP contribution in [0.5, 0.6) is 11.5 Å². The molecule has 0 saturated carbocycles. The molecule has 0 saturated heterocycles. The molecule has 146 valence electrons. The lowest BCUT2D eigenvalue weighted by molar-refractivity contribution is -0.127. The Hall–Kier alpha value is -2.49. The number of aryl methyl sites for hydroxylation is 3. The number of ether oxygens (including phenoxy) is 2. The van der Waals surface area contributed by atoms with Gasteiger partial charge in [-0.05, 0) is 76.8 Å². The average molecular weight is 370 g/mol. The number of hydrogen-bond acceptors (Lipinski definition) is 3. The summed E-state index contributed by atoms with van der Waals surface area (Å²) in [6.45, 7) is 10.5. The van der Waals surface area contributed by atoms with Crippen LogP contribution in [0.2, 0.25) is 0 Å². The number of nitrogens with one attached hydrogen (secondary N) is 1. The summed E-state index contributed by atoms with van der Waals surface area (Å²) in [5, 5.41) is 2.95. The van der Waals surface area contributed by atoms with Crippen molar-refractivity contribution in [2.75, 3.05) is 6.54 Å². The molecule has 1 N–H and O–H groups in total.